The van der Waals surface area contributed by atoms with Crippen molar-refractivity contribution >= 4 is 37.5 Å². The summed E-state index contributed by atoms with van der Waals surface area (Å²) in [4.78, 5) is 25.4. The first-order valence-corrected chi connectivity index (χ1v) is 9.23. The van der Waals surface area contributed by atoms with Gasteiger partial charge in [0.15, 0.2) is 0 Å². The van der Waals surface area contributed by atoms with Gasteiger partial charge in [0, 0.05) is 24.7 Å². The van der Waals surface area contributed by atoms with Crippen LogP contribution in [0.15, 0.2) is 49.8 Å². The summed E-state index contributed by atoms with van der Waals surface area (Å²) in [6.45, 7) is 1.30. The molecule has 0 fully saturated rings. The molecule has 1 aromatic carbocycles. The standard InChI is InChI=1S/C17H17BrN2O3S/c1-23-8-3-7-19-16(21)15-14(6-9-24-15)20(17(19)22)11-12-4-2-5-13(18)10-12/h2,4-6,9-10H,3,7-8,11H2,1H3. The monoisotopic (exact) mass is 408 g/mol. The number of fused-ring (bicyclic) bond motifs is 1. The van der Waals surface area contributed by atoms with Crippen LogP contribution in [0.5, 0.6) is 0 Å². The molecule has 126 valence electrons. The summed E-state index contributed by atoms with van der Waals surface area (Å²) in [5.74, 6) is 0. The van der Waals surface area contributed by atoms with Gasteiger partial charge in [0.2, 0.25) is 0 Å². The maximum Gasteiger partial charge on any atom is 0.331 e. The van der Waals surface area contributed by atoms with Gasteiger partial charge in [-0.15, -0.1) is 11.3 Å². The number of hydrogen-bond donors (Lipinski definition) is 0. The zero-order chi connectivity index (χ0) is 17.1. The van der Waals surface area contributed by atoms with Crippen molar-refractivity contribution in [3.8, 4) is 0 Å². The molecular weight excluding hydrogens is 392 g/mol. The van der Waals surface area contributed by atoms with Crippen LogP contribution in [-0.2, 0) is 17.8 Å². The molecule has 0 N–H and O–H groups in total. The number of aromatic nitrogens is 2. The van der Waals surface area contributed by atoms with E-state index in [-0.39, 0.29) is 11.2 Å². The first kappa shape index (κ1) is 17.1. The van der Waals surface area contributed by atoms with Gasteiger partial charge in [0.1, 0.15) is 4.70 Å². The maximum atomic E-state index is 12.9. The molecule has 3 rings (SSSR count). The van der Waals surface area contributed by atoms with Crippen molar-refractivity contribution in [2.45, 2.75) is 19.5 Å². The summed E-state index contributed by atoms with van der Waals surface area (Å²) in [6.07, 6.45) is 0.624. The summed E-state index contributed by atoms with van der Waals surface area (Å²) in [7, 11) is 1.61. The number of nitrogens with zero attached hydrogens (tertiary/aromatic N) is 2. The lowest BCUT2D eigenvalue weighted by molar-refractivity contribution is 0.189. The molecule has 0 saturated heterocycles. The van der Waals surface area contributed by atoms with Crippen molar-refractivity contribution in [3.63, 3.8) is 0 Å². The Balaban J connectivity index is 2.10. The normalized spacial score (nSPS) is 11.2. The summed E-state index contributed by atoms with van der Waals surface area (Å²) >= 11 is 4.82. The van der Waals surface area contributed by atoms with E-state index in [9.17, 15) is 9.59 Å². The van der Waals surface area contributed by atoms with Gasteiger partial charge < -0.3 is 4.74 Å². The van der Waals surface area contributed by atoms with Crippen LogP contribution in [-0.4, -0.2) is 22.9 Å². The van der Waals surface area contributed by atoms with E-state index in [0.29, 0.717) is 36.3 Å². The average Bonchev–Trinajstić information content (AvgIpc) is 3.04. The highest BCUT2D eigenvalue weighted by Crippen LogP contribution is 2.18. The van der Waals surface area contributed by atoms with Gasteiger partial charge in [-0.1, -0.05) is 28.1 Å². The van der Waals surface area contributed by atoms with E-state index in [1.807, 2.05) is 35.7 Å². The Hall–Kier alpha value is -1.70. The highest BCUT2D eigenvalue weighted by atomic mass is 79.9. The molecule has 0 aliphatic carbocycles. The quantitative estimate of drug-likeness (QED) is 0.588. The third kappa shape index (κ3) is 3.38. The van der Waals surface area contributed by atoms with Crippen LogP contribution in [0.1, 0.15) is 12.0 Å². The van der Waals surface area contributed by atoms with Crippen LogP contribution in [0.4, 0.5) is 0 Å². The molecule has 3 aromatic rings. The number of methoxy groups -OCH3 is 1. The first-order valence-electron chi connectivity index (χ1n) is 7.56. The van der Waals surface area contributed by atoms with Crippen LogP contribution in [0.25, 0.3) is 10.2 Å². The average molecular weight is 409 g/mol. The lowest BCUT2D eigenvalue weighted by Gasteiger charge is -2.12. The highest BCUT2D eigenvalue weighted by Gasteiger charge is 2.14. The van der Waals surface area contributed by atoms with E-state index in [1.165, 1.54) is 15.9 Å². The van der Waals surface area contributed by atoms with Crippen LogP contribution in [0.2, 0.25) is 0 Å². The first-order chi connectivity index (χ1) is 11.6. The van der Waals surface area contributed by atoms with Gasteiger partial charge in [-0.3, -0.25) is 13.9 Å². The second-order valence-electron chi connectivity index (χ2n) is 5.44. The Morgan fingerprint density at radius 2 is 2.04 bits per heavy atom. The highest BCUT2D eigenvalue weighted by molar-refractivity contribution is 9.10. The van der Waals surface area contributed by atoms with Crippen LogP contribution in [0, 0.1) is 0 Å². The van der Waals surface area contributed by atoms with Crippen molar-refractivity contribution in [1.29, 1.82) is 0 Å². The second kappa shape index (κ2) is 7.46. The van der Waals surface area contributed by atoms with Gasteiger partial charge >= 0.3 is 5.69 Å². The fourth-order valence-corrected chi connectivity index (χ4v) is 3.96. The minimum Gasteiger partial charge on any atom is -0.385 e. The van der Waals surface area contributed by atoms with E-state index in [1.54, 1.807) is 11.7 Å². The third-order valence-electron chi connectivity index (χ3n) is 3.80. The molecule has 0 radical (unpaired) electrons. The smallest absolute Gasteiger partial charge is 0.331 e. The number of rotatable bonds is 6. The molecule has 0 aliphatic rings. The molecule has 0 spiro atoms. The Kier molecular flexibility index (Phi) is 5.33. The molecule has 0 bridgehead atoms. The van der Waals surface area contributed by atoms with Gasteiger partial charge in [-0.05, 0) is 35.6 Å². The molecule has 0 saturated carbocycles. The molecule has 24 heavy (non-hydrogen) atoms. The Morgan fingerprint density at radius 3 is 2.79 bits per heavy atom. The van der Waals surface area contributed by atoms with Gasteiger partial charge in [-0.2, -0.15) is 0 Å². The van der Waals surface area contributed by atoms with E-state index in [4.69, 9.17) is 4.74 Å². The lowest BCUT2D eigenvalue weighted by atomic mass is 10.2. The number of hydrogen-bond acceptors (Lipinski definition) is 4. The van der Waals surface area contributed by atoms with E-state index in [0.717, 1.165) is 10.0 Å². The Bertz CT molecular complexity index is 974. The summed E-state index contributed by atoms with van der Waals surface area (Å²) in [5.41, 5.74) is 1.20. The fraction of sp³-hybridized carbons (Fsp3) is 0.294. The molecule has 0 amide bonds. The fourth-order valence-electron chi connectivity index (χ4n) is 2.67. The maximum absolute atomic E-state index is 12.9. The van der Waals surface area contributed by atoms with Gasteiger partial charge in [-0.25, -0.2) is 4.79 Å². The van der Waals surface area contributed by atoms with Crippen molar-refractivity contribution in [1.82, 2.24) is 9.13 Å². The number of thiophene rings is 1. The predicted molar refractivity (Wildman–Crippen MR) is 100 cm³/mol. The second-order valence-corrected chi connectivity index (χ2v) is 7.27. The molecule has 5 nitrogen and oxygen atoms in total. The van der Waals surface area contributed by atoms with E-state index < -0.39 is 0 Å². The Morgan fingerprint density at radius 1 is 1.21 bits per heavy atom. The van der Waals surface area contributed by atoms with Crippen molar-refractivity contribution in [2.24, 2.45) is 0 Å². The molecule has 7 heteroatoms. The Labute approximate surface area is 151 Å². The van der Waals surface area contributed by atoms with Gasteiger partial charge in [0.25, 0.3) is 5.56 Å². The minimum absolute atomic E-state index is 0.216. The van der Waals surface area contributed by atoms with Gasteiger partial charge in [0.05, 0.1) is 12.1 Å². The third-order valence-corrected chi connectivity index (χ3v) is 5.18. The predicted octanol–water partition coefficient (Wildman–Crippen LogP) is 3.07. The zero-order valence-corrected chi connectivity index (χ0v) is 15.6. The zero-order valence-electron chi connectivity index (χ0n) is 13.2. The molecular formula is C17H17BrN2O3S. The van der Waals surface area contributed by atoms with Crippen molar-refractivity contribution in [3.05, 3.63) is 66.6 Å². The molecule has 2 aromatic heterocycles. The topological polar surface area (TPSA) is 53.2 Å². The van der Waals surface area contributed by atoms with Crippen molar-refractivity contribution in [2.75, 3.05) is 13.7 Å². The molecule has 0 atom stereocenters. The summed E-state index contributed by atoms with van der Waals surface area (Å²) < 4.78 is 9.59. The van der Waals surface area contributed by atoms with Crippen LogP contribution >= 0.6 is 27.3 Å². The summed E-state index contributed by atoms with van der Waals surface area (Å²) in [5, 5.41) is 1.85. The van der Waals surface area contributed by atoms with E-state index in [2.05, 4.69) is 15.9 Å². The lowest BCUT2D eigenvalue weighted by Crippen LogP contribution is -2.40. The minimum atomic E-state index is -0.276. The molecule has 2 heterocycles. The molecule has 0 aliphatic heterocycles. The summed E-state index contributed by atoms with van der Waals surface area (Å²) in [6, 6.07) is 9.66. The van der Waals surface area contributed by atoms with Crippen LogP contribution in [0.3, 0.4) is 0 Å². The van der Waals surface area contributed by atoms with E-state index >= 15 is 0 Å². The van der Waals surface area contributed by atoms with Crippen LogP contribution < -0.4 is 11.2 Å². The number of ether oxygens (including phenoxy) is 1. The number of halogens is 1. The largest absolute Gasteiger partial charge is 0.385 e. The SMILES string of the molecule is COCCCn1c(=O)c2sccc2n(Cc2cccc(Br)c2)c1=O. The number of benzene rings is 1. The molecule has 0 unspecified atom stereocenters. The van der Waals surface area contributed by atoms with Crippen molar-refractivity contribution < 1.29 is 4.74 Å².